The molecule has 2 aromatic rings. The molecule has 0 bridgehead atoms. The molecule has 0 saturated heterocycles. The predicted octanol–water partition coefficient (Wildman–Crippen LogP) is 3.38. The molecular formula is C23H26N2O3. The van der Waals surface area contributed by atoms with E-state index in [4.69, 9.17) is 0 Å². The van der Waals surface area contributed by atoms with Crippen molar-refractivity contribution in [3.63, 3.8) is 0 Å². The molecule has 1 aromatic heterocycles. The van der Waals surface area contributed by atoms with Crippen LogP contribution in [-0.4, -0.2) is 29.0 Å². The van der Waals surface area contributed by atoms with E-state index in [1.54, 1.807) is 12.3 Å². The third-order valence-corrected chi connectivity index (χ3v) is 5.41. The molecule has 0 spiro atoms. The Hall–Kier alpha value is -2.82. The van der Waals surface area contributed by atoms with E-state index in [9.17, 15) is 14.4 Å². The minimum atomic E-state index is -0.667. The molecule has 3 rings (SSSR count). The zero-order valence-corrected chi connectivity index (χ0v) is 16.8. The number of nitrogens with one attached hydrogen (secondary N) is 1. The molecule has 0 aliphatic heterocycles. The Labute approximate surface area is 165 Å². The lowest BCUT2D eigenvalue weighted by atomic mass is 9.86. The molecule has 5 nitrogen and oxygen atoms in total. The van der Waals surface area contributed by atoms with Gasteiger partial charge in [0.1, 0.15) is 17.4 Å². The molecule has 146 valence electrons. The summed E-state index contributed by atoms with van der Waals surface area (Å²) in [6.45, 7) is 8.18. The molecule has 1 heterocycles. The number of carbonyl (C=O) groups excluding carboxylic acids is 3. The van der Waals surface area contributed by atoms with Crippen molar-refractivity contribution >= 4 is 17.5 Å². The Morgan fingerprint density at radius 1 is 1.07 bits per heavy atom. The van der Waals surface area contributed by atoms with Gasteiger partial charge in [0.05, 0.1) is 0 Å². The van der Waals surface area contributed by atoms with Crippen LogP contribution < -0.4 is 5.32 Å². The molecule has 1 saturated carbocycles. The molecule has 1 fully saturated rings. The zero-order valence-electron chi connectivity index (χ0n) is 16.8. The summed E-state index contributed by atoms with van der Waals surface area (Å²) in [4.78, 5) is 41.8. The highest BCUT2D eigenvalue weighted by Crippen LogP contribution is 2.37. The number of benzene rings is 1. The van der Waals surface area contributed by atoms with E-state index >= 15 is 0 Å². The number of aromatic nitrogens is 1. The summed E-state index contributed by atoms with van der Waals surface area (Å²) in [6.07, 6.45) is 2.35. The maximum atomic E-state index is 12.9. The molecule has 0 radical (unpaired) electrons. The molecule has 1 aliphatic carbocycles. The number of rotatable bonds is 5. The van der Waals surface area contributed by atoms with Crippen LogP contribution in [-0.2, 0) is 9.59 Å². The van der Waals surface area contributed by atoms with E-state index in [1.807, 2.05) is 45.9 Å². The SMILES string of the molecule is Cc1ccc(C(=O)NCCC2CC(=O)C(c3c(C)cc(C)cc3C)C2=O)nc1. The van der Waals surface area contributed by atoms with Crippen LogP contribution >= 0.6 is 0 Å². The van der Waals surface area contributed by atoms with Gasteiger partial charge in [-0.1, -0.05) is 23.8 Å². The van der Waals surface area contributed by atoms with Crippen LogP contribution in [0, 0.1) is 33.6 Å². The van der Waals surface area contributed by atoms with Crippen LogP contribution in [0.1, 0.15) is 57.1 Å². The predicted molar refractivity (Wildman–Crippen MR) is 107 cm³/mol. The Morgan fingerprint density at radius 3 is 2.36 bits per heavy atom. The van der Waals surface area contributed by atoms with Gasteiger partial charge in [0.25, 0.3) is 5.91 Å². The number of ketones is 2. The second-order valence-electron chi connectivity index (χ2n) is 7.78. The van der Waals surface area contributed by atoms with Gasteiger partial charge in [0, 0.05) is 25.1 Å². The Kier molecular flexibility index (Phi) is 5.73. The average Bonchev–Trinajstić information content (AvgIpc) is 2.89. The van der Waals surface area contributed by atoms with Gasteiger partial charge in [-0.2, -0.15) is 0 Å². The zero-order chi connectivity index (χ0) is 20.4. The minimum Gasteiger partial charge on any atom is -0.351 e. The molecule has 1 amide bonds. The fourth-order valence-corrected chi connectivity index (χ4v) is 4.10. The molecule has 2 atom stereocenters. The third-order valence-electron chi connectivity index (χ3n) is 5.41. The van der Waals surface area contributed by atoms with E-state index in [0.717, 1.165) is 27.8 Å². The molecule has 1 aromatic carbocycles. The van der Waals surface area contributed by atoms with Gasteiger partial charge in [-0.25, -0.2) is 0 Å². The number of pyridine rings is 1. The first-order valence-corrected chi connectivity index (χ1v) is 9.63. The van der Waals surface area contributed by atoms with Crippen molar-refractivity contribution < 1.29 is 14.4 Å². The Morgan fingerprint density at radius 2 is 1.75 bits per heavy atom. The van der Waals surface area contributed by atoms with E-state index in [1.165, 1.54) is 0 Å². The third kappa shape index (κ3) is 4.03. The molecule has 2 unspecified atom stereocenters. The summed E-state index contributed by atoms with van der Waals surface area (Å²) in [5.74, 6) is -1.32. The summed E-state index contributed by atoms with van der Waals surface area (Å²) in [5.41, 5.74) is 5.30. The lowest BCUT2D eigenvalue weighted by molar-refractivity contribution is -0.124. The van der Waals surface area contributed by atoms with Crippen LogP contribution in [0.25, 0.3) is 0 Å². The number of amides is 1. The van der Waals surface area contributed by atoms with E-state index in [0.29, 0.717) is 18.7 Å². The van der Waals surface area contributed by atoms with Crippen molar-refractivity contribution in [3.05, 3.63) is 64.0 Å². The highest BCUT2D eigenvalue weighted by molar-refractivity contribution is 6.15. The number of aryl methyl sites for hydroxylation is 4. The average molecular weight is 378 g/mol. The van der Waals surface area contributed by atoms with Gasteiger partial charge < -0.3 is 5.32 Å². The lowest BCUT2D eigenvalue weighted by Gasteiger charge is -2.16. The number of hydrogen-bond acceptors (Lipinski definition) is 4. The fraction of sp³-hybridized carbons (Fsp3) is 0.391. The number of Topliss-reactive ketones (excluding diaryl/α,β-unsaturated/α-hetero) is 2. The Balaban J connectivity index is 1.64. The van der Waals surface area contributed by atoms with Gasteiger partial charge in [0.15, 0.2) is 5.78 Å². The van der Waals surface area contributed by atoms with Crippen molar-refractivity contribution in [2.75, 3.05) is 6.54 Å². The van der Waals surface area contributed by atoms with Crippen LogP contribution in [0.2, 0.25) is 0 Å². The lowest BCUT2D eigenvalue weighted by Crippen LogP contribution is -2.28. The Bertz CT molecular complexity index is 908. The van der Waals surface area contributed by atoms with Gasteiger partial charge in [-0.15, -0.1) is 0 Å². The van der Waals surface area contributed by atoms with Crippen molar-refractivity contribution in [1.29, 1.82) is 0 Å². The molecule has 5 heteroatoms. The molecule has 1 aliphatic rings. The maximum Gasteiger partial charge on any atom is 0.269 e. The van der Waals surface area contributed by atoms with Crippen molar-refractivity contribution in [1.82, 2.24) is 10.3 Å². The molecule has 1 N–H and O–H groups in total. The first-order chi connectivity index (χ1) is 13.3. The molecule has 28 heavy (non-hydrogen) atoms. The van der Waals surface area contributed by atoms with Gasteiger partial charge in [-0.05, 0) is 62.4 Å². The quantitative estimate of drug-likeness (QED) is 0.810. The fourth-order valence-electron chi connectivity index (χ4n) is 4.10. The van der Waals surface area contributed by atoms with Gasteiger partial charge in [-0.3, -0.25) is 19.4 Å². The summed E-state index contributed by atoms with van der Waals surface area (Å²) in [7, 11) is 0. The monoisotopic (exact) mass is 378 g/mol. The topological polar surface area (TPSA) is 76.1 Å². The highest BCUT2D eigenvalue weighted by atomic mass is 16.2. The van der Waals surface area contributed by atoms with Crippen molar-refractivity contribution in [2.24, 2.45) is 5.92 Å². The smallest absolute Gasteiger partial charge is 0.269 e. The summed E-state index contributed by atoms with van der Waals surface area (Å²) < 4.78 is 0. The van der Waals surface area contributed by atoms with E-state index < -0.39 is 5.92 Å². The van der Waals surface area contributed by atoms with Gasteiger partial charge >= 0.3 is 0 Å². The van der Waals surface area contributed by atoms with Crippen molar-refractivity contribution in [3.8, 4) is 0 Å². The summed E-state index contributed by atoms with van der Waals surface area (Å²) >= 11 is 0. The summed E-state index contributed by atoms with van der Waals surface area (Å²) in [5, 5.41) is 2.80. The molecular weight excluding hydrogens is 352 g/mol. The largest absolute Gasteiger partial charge is 0.351 e. The second-order valence-corrected chi connectivity index (χ2v) is 7.78. The first-order valence-electron chi connectivity index (χ1n) is 9.63. The van der Waals surface area contributed by atoms with Crippen molar-refractivity contribution in [2.45, 2.75) is 46.5 Å². The van der Waals surface area contributed by atoms with E-state index in [2.05, 4.69) is 10.3 Å². The standard InChI is InChI=1S/C23H26N2O3/c1-13-5-6-18(25-12-13)23(28)24-8-7-17-11-19(26)21(22(17)27)20-15(3)9-14(2)10-16(20)4/h5-6,9-10,12,17,21H,7-8,11H2,1-4H3,(H,24,28). The van der Waals surface area contributed by atoms with Crippen LogP contribution in [0.5, 0.6) is 0 Å². The van der Waals surface area contributed by atoms with E-state index in [-0.39, 0.29) is 29.8 Å². The highest BCUT2D eigenvalue weighted by Gasteiger charge is 2.42. The van der Waals surface area contributed by atoms with Gasteiger partial charge in [0.2, 0.25) is 0 Å². The normalized spacial score (nSPS) is 19.1. The number of hydrogen-bond donors (Lipinski definition) is 1. The maximum absolute atomic E-state index is 12.9. The first kappa shape index (κ1) is 19.9. The van der Waals surface area contributed by atoms with Crippen LogP contribution in [0.4, 0.5) is 0 Å². The van der Waals surface area contributed by atoms with Crippen LogP contribution in [0.3, 0.4) is 0 Å². The van der Waals surface area contributed by atoms with Crippen LogP contribution in [0.15, 0.2) is 30.5 Å². The minimum absolute atomic E-state index is 0.0171. The number of carbonyl (C=O) groups is 3. The number of nitrogens with zero attached hydrogens (tertiary/aromatic N) is 1. The second kappa shape index (κ2) is 8.05. The summed E-state index contributed by atoms with van der Waals surface area (Å²) in [6, 6.07) is 7.54.